The van der Waals surface area contributed by atoms with E-state index >= 15 is 0 Å². The molecule has 3 heteroatoms. The molecule has 0 saturated heterocycles. The molecule has 0 bridgehead atoms. The van der Waals surface area contributed by atoms with Crippen molar-refractivity contribution in [1.82, 2.24) is 9.78 Å². The average Bonchev–Trinajstić information content (AvgIpc) is 2.71. The van der Waals surface area contributed by atoms with Crippen LogP contribution in [0.2, 0.25) is 0 Å². The summed E-state index contributed by atoms with van der Waals surface area (Å²) in [6, 6.07) is 0.654. The maximum absolute atomic E-state index is 4.32. The fourth-order valence-corrected chi connectivity index (χ4v) is 3.07. The molecule has 2 unspecified atom stereocenters. The normalized spacial score (nSPS) is 24.8. The zero-order valence-electron chi connectivity index (χ0n) is 11.9. The third kappa shape index (κ3) is 3.76. The number of anilines is 1. The lowest BCUT2D eigenvalue weighted by atomic mass is 9.95. The van der Waals surface area contributed by atoms with Crippen molar-refractivity contribution in [3.05, 3.63) is 12.4 Å². The molecule has 1 aliphatic rings. The van der Waals surface area contributed by atoms with E-state index in [1.807, 2.05) is 10.9 Å². The minimum atomic E-state index is 0.654. The van der Waals surface area contributed by atoms with Crippen molar-refractivity contribution in [2.75, 3.05) is 5.32 Å². The fraction of sp³-hybridized carbons (Fsp3) is 0.800. The Labute approximate surface area is 111 Å². The SMILES string of the molecule is CCCC1CCCC(Nc2cnn(CC)c2)CC1. The highest BCUT2D eigenvalue weighted by atomic mass is 15.3. The number of hydrogen-bond acceptors (Lipinski definition) is 2. The Balaban J connectivity index is 1.82. The molecular weight excluding hydrogens is 222 g/mol. The molecule has 2 atom stereocenters. The second kappa shape index (κ2) is 6.81. The van der Waals surface area contributed by atoms with Crippen LogP contribution in [0.25, 0.3) is 0 Å². The average molecular weight is 249 g/mol. The molecule has 18 heavy (non-hydrogen) atoms. The monoisotopic (exact) mass is 249 g/mol. The third-order valence-electron chi connectivity index (χ3n) is 4.11. The first kappa shape index (κ1) is 13.4. The largest absolute Gasteiger partial charge is 0.380 e. The first-order valence-corrected chi connectivity index (χ1v) is 7.60. The van der Waals surface area contributed by atoms with Crippen LogP contribution in [0.15, 0.2) is 12.4 Å². The van der Waals surface area contributed by atoms with Gasteiger partial charge in [-0.1, -0.05) is 32.6 Å². The van der Waals surface area contributed by atoms with E-state index < -0.39 is 0 Å². The topological polar surface area (TPSA) is 29.9 Å². The molecule has 1 fully saturated rings. The number of rotatable bonds is 5. The zero-order valence-corrected chi connectivity index (χ0v) is 11.9. The van der Waals surface area contributed by atoms with E-state index in [4.69, 9.17) is 0 Å². The predicted molar refractivity (Wildman–Crippen MR) is 76.8 cm³/mol. The summed E-state index contributed by atoms with van der Waals surface area (Å²) in [6.45, 7) is 5.38. The summed E-state index contributed by atoms with van der Waals surface area (Å²) in [7, 11) is 0. The van der Waals surface area contributed by atoms with Gasteiger partial charge in [0.25, 0.3) is 0 Å². The van der Waals surface area contributed by atoms with Crippen LogP contribution in [0.5, 0.6) is 0 Å². The molecule has 3 nitrogen and oxygen atoms in total. The molecule has 1 N–H and O–H groups in total. The van der Waals surface area contributed by atoms with Crippen molar-refractivity contribution >= 4 is 5.69 Å². The molecule has 1 aliphatic carbocycles. The van der Waals surface area contributed by atoms with E-state index in [-0.39, 0.29) is 0 Å². The lowest BCUT2D eigenvalue weighted by Crippen LogP contribution is -2.18. The van der Waals surface area contributed by atoms with Gasteiger partial charge in [-0.05, 0) is 32.1 Å². The third-order valence-corrected chi connectivity index (χ3v) is 4.11. The van der Waals surface area contributed by atoms with E-state index in [1.54, 1.807) is 0 Å². The van der Waals surface area contributed by atoms with Gasteiger partial charge in [-0.2, -0.15) is 5.10 Å². The fourth-order valence-electron chi connectivity index (χ4n) is 3.07. The van der Waals surface area contributed by atoms with Crippen molar-refractivity contribution in [2.24, 2.45) is 5.92 Å². The van der Waals surface area contributed by atoms with Gasteiger partial charge >= 0.3 is 0 Å². The number of hydrogen-bond donors (Lipinski definition) is 1. The minimum Gasteiger partial charge on any atom is -0.380 e. The molecule has 1 saturated carbocycles. The van der Waals surface area contributed by atoms with Gasteiger partial charge < -0.3 is 5.32 Å². The van der Waals surface area contributed by atoms with E-state index in [1.165, 1.54) is 50.6 Å². The molecule has 1 aromatic heterocycles. The second-order valence-electron chi connectivity index (χ2n) is 5.59. The van der Waals surface area contributed by atoms with Crippen molar-refractivity contribution in [2.45, 2.75) is 71.4 Å². The summed E-state index contributed by atoms with van der Waals surface area (Å²) >= 11 is 0. The summed E-state index contributed by atoms with van der Waals surface area (Å²) in [5.74, 6) is 0.972. The van der Waals surface area contributed by atoms with Gasteiger partial charge in [0.2, 0.25) is 0 Å². The van der Waals surface area contributed by atoms with Crippen LogP contribution in [-0.4, -0.2) is 15.8 Å². The van der Waals surface area contributed by atoms with Gasteiger partial charge in [-0.15, -0.1) is 0 Å². The summed E-state index contributed by atoms with van der Waals surface area (Å²) in [4.78, 5) is 0. The van der Waals surface area contributed by atoms with E-state index in [2.05, 4.69) is 30.5 Å². The molecule has 0 radical (unpaired) electrons. The molecule has 2 rings (SSSR count). The quantitative estimate of drug-likeness (QED) is 0.797. The zero-order chi connectivity index (χ0) is 12.8. The van der Waals surface area contributed by atoms with E-state index in [0.717, 1.165) is 12.5 Å². The molecule has 1 aromatic rings. The number of aromatic nitrogens is 2. The Morgan fingerprint density at radius 3 is 2.89 bits per heavy atom. The van der Waals surface area contributed by atoms with Gasteiger partial charge in [0.05, 0.1) is 11.9 Å². The first-order chi connectivity index (χ1) is 8.81. The highest BCUT2D eigenvalue weighted by molar-refractivity contribution is 5.39. The van der Waals surface area contributed by atoms with Gasteiger partial charge in [-0.3, -0.25) is 4.68 Å². The molecule has 0 aliphatic heterocycles. The Kier molecular flexibility index (Phi) is 5.09. The predicted octanol–water partition coefficient (Wildman–Crippen LogP) is 4.06. The summed E-state index contributed by atoms with van der Waals surface area (Å²) in [5, 5.41) is 7.98. The maximum Gasteiger partial charge on any atom is 0.0728 e. The van der Waals surface area contributed by atoms with Crippen LogP contribution in [0.3, 0.4) is 0 Å². The molecule has 0 spiro atoms. The van der Waals surface area contributed by atoms with Crippen LogP contribution < -0.4 is 5.32 Å². The van der Waals surface area contributed by atoms with Crippen LogP contribution in [0.4, 0.5) is 5.69 Å². The Morgan fingerprint density at radius 1 is 1.28 bits per heavy atom. The Hall–Kier alpha value is -0.990. The number of nitrogens with zero attached hydrogens (tertiary/aromatic N) is 2. The summed E-state index contributed by atoms with van der Waals surface area (Å²) in [6.07, 6.45) is 13.7. The van der Waals surface area contributed by atoms with E-state index in [9.17, 15) is 0 Å². The van der Waals surface area contributed by atoms with Crippen molar-refractivity contribution in [1.29, 1.82) is 0 Å². The molecule has 1 heterocycles. The van der Waals surface area contributed by atoms with Crippen LogP contribution >= 0.6 is 0 Å². The number of aryl methyl sites for hydroxylation is 1. The van der Waals surface area contributed by atoms with Crippen LogP contribution in [0.1, 0.15) is 58.8 Å². The standard InChI is InChI=1S/C15H27N3/c1-3-6-13-7-5-8-14(10-9-13)17-15-11-16-18(4-2)12-15/h11-14,17H,3-10H2,1-2H3. The lowest BCUT2D eigenvalue weighted by molar-refractivity contribution is 0.422. The highest BCUT2D eigenvalue weighted by Crippen LogP contribution is 2.28. The van der Waals surface area contributed by atoms with Crippen molar-refractivity contribution in [3.8, 4) is 0 Å². The minimum absolute atomic E-state index is 0.654. The summed E-state index contributed by atoms with van der Waals surface area (Å²) in [5.41, 5.74) is 1.19. The van der Waals surface area contributed by atoms with Crippen molar-refractivity contribution in [3.63, 3.8) is 0 Å². The van der Waals surface area contributed by atoms with Gasteiger partial charge in [0.1, 0.15) is 0 Å². The van der Waals surface area contributed by atoms with Gasteiger partial charge in [-0.25, -0.2) is 0 Å². The Bertz CT molecular complexity index is 345. The molecule has 0 amide bonds. The highest BCUT2D eigenvalue weighted by Gasteiger charge is 2.18. The van der Waals surface area contributed by atoms with Crippen LogP contribution in [0, 0.1) is 5.92 Å². The van der Waals surface area contributed by atoms with Gasteiger partial charge in [0, 0.05) is 18.8 Å². The second-order valence-corrected chi connectivity index (χ2v) is 5.59. The maximum atomic E-state index is 4.32. The molecule has 102 valence electrons. The Morgan fingerprint density at radius 2 is 2.17 bits per heavy atom. The van der Waals surface area contributed by atoms with Gasteiger partial charge in [0.15, 0.2) is 0 Å². The van der Waals surface area contributed by atoms with Crippen LogP contribution in [-0.2, 0) is 6.54 Å². The molecule has 0 aromatic carbocycles. The molecular formula is C15H27N3. The smallest absolute Gasteiger partial charge is 0.0728 e. The summed E-state index contributed by atoms with van der Waals surface area (Å²) < 4.78 is 1.99. The number of nitrogens with one attached hydrogen (secondary N) is 1. The van der Waals surface area contributed by atoms with Crippen molar-refractivity contribution < 1.29 is 0 Å². The lowest BCUT2D eigenvalue weighted by Gasteiger charge is -2.16. The van der Waals surface area contributed by atoms with E-state index in [0.29, 0.717) is 6.04 Å². The first-order valence-electron chi connectivity index (χ1n) is 7.60.